The minimum absolute atomic E-state index is 0.177. The zero-order valence-electron chi connectivity index (χ0n) is 8.50. The second-order valence-corrected chi connectivity index (χ2v) is 3.32. The van der Waals surface area contributed by atoms with Crippen LogP contribution in [0.4, 0.5) is 14.5 Å². The summed E-state index contributed by atoms with van der Waals surface area (Å²) in [6.07, 6.45) is 0. The van der Waals surface area contributed by atoms with E-state index in [0.717, 1.165) is 12.1 Å². The predicted molar refractivity (Wildman–Crippen MR) is 53.5 cm³/mol. The van der Waals surface area contributed by atoms with Crippen LogP contribution in [0, 0.1) is 11.6 Å². The first-order chi connectivity index (χ1) is 7.47. The Bertz CT molecular complexity index is 409. The van der Waals surface area contributed by atoms with E-state index in [1.807, 2.05) is 0 Å². The Labute approximate surface area is 90.5 Å². The van der Waals surface area contributed by atoms with E-state index in [0.29, 0.717) is 0 Å². The third-order valence-corrected chi connectivity index (χ3v) is 1.99. The van der Waals surface area contributed by atoms with Crippen LogP contribution in [0.5, 0.6) is 0 Å². The molecule has 16 heavy (non-hydrogen) atoms. The van der Waals surface area contributed by atoms with E-state index in [-0.39, 0.29) is 12.3 Å². The largest absolute Gasteiger partial charge is 0.478 e. The Kier molecular flexibility index (Phi) is 3.78. The molecule has 0 aliphatic heterocycles. The highest BCUT2D eigenvalue weighted by Crippen LogP contribution is 2.21. The van der Waals surface area contributed by atoms with E-state index in [1.165, 1.54) is 0 Å². The van der Waals surface area contributed by atoms with Crippen molar-refractivity contribution in [2.45, 2.75) is 13.0 Å². The van der Waals surface area contributed by atoms with Crippen molar-refractivity contribution in [3.63, 3.8) is 0 Å². The Morgan fingerprint density at radius 1 is 1.44 bits per heavy atom. The van der Waals surface area contributed by atoms with Gasteiger partial charge in [-0.25, -0.2) is 13.6 Å². The van der Waals surface area contributed by atoms with Crippen LogP contribution in [0.15, 0.2) is 12.1 Å². The van der Waals surface area contributed by atoms with Gasteiger partial charge in [0.2, 0.25) is 0 Å². The summed E-state index contributed by atoms with van der Waals surface area (Å²) < 4.78 is 26.5. The van der Waals surface area contributed by atoms with E-state index < -0.39 is 29.2 Å². The van der Waals surface area contributed by atoms with Gasteiger partial charge in [-0.1, -0.05) is 0 Å². The molecule has 1 aromatic carbocycles. The molecule has 88 valence electrons. The van der Waals surface area contributed by atoms with Crippen LogP contribution >= 0.6 is 0 Å². The van der Waals surface area contributed by atoms with Crippen LogP contribution in [0.2, 0.25) is 0 Å². The van der Waals surface area contributed by atoms with Gasteiger partial charge in [0, 0.05) is 6.04 Å². The highest BCUT2D eigenvalue weighted by molar-refractivity contribution is 5.88. The molecule has 0 heterocycles. The molecule has 0 saturated carbocycles. The molecule has 1 unspecified atom stereocenters. The zero-order valence-corrected chi connectivity index (χ0v) is 8.50. The second-order valence-electron chi connectivity index (χ2n) is 3.32. The molecule has 1 rings (SSSR count). The van der Waals surface area contributed by atoms with Gasteiger partial charge in [-0.05, 0) is 19.1 Å². The molecule has 0 radical (unpaired) electrons. The highest BCUT2D eigenvalue weighted by Gasteiger charge is 2.18. The normalized spacial score (nSPS) is 12.2. The van der Waals surface area contributed by atoms with Gasteiger partial charge in [0.15, 0.2) is 11.6 Å². The van der Waals surface area contributed by atoms with Crippen molar-refractivity contribution in [2.75, 3.05) is 11.9 Å². The quantitative estimate of drug-likeness (QED) is 0.733. The van der Waals surface area contributed by atoms with Crippen LogP contribution in [-0.4, -0.2) is 28.8 Å². The molecule has 1 atom stereocenters. The second kappa shape index (κ2) is 4.89. The SMILES string of the molecule is CC(CO)Nc1ccc(C(=O)O)c(F)c1F. The number of hydrogen-bond acceptors (Lipinski definition) is 3. The number of halogens is 2. The zero-order chi connectivity index (χ0) is 12.3. The van der Waals surface area contributed by atoms with E-state index in [1.54, 1.807) is 6.92 Å². The first-order valence-corrected chi connectivity index (χ1v) is 4.56. The van der Waals surface area contributed by atoms with Gasteiger partial charge >= 0.3 is 5.97 Å². The van der Waals surface area contributed by atoms with Crippen molar-refractivity contribution in [2.24, 2.45) is 0 Å². The first-order valence-electron chi connectivity index (χ1n) is 4.56. The molecule has 0 bridgehead atoms. The minimum Gasteiger partial charge on any atom is -0.478 e. The smallest absolute Gasteiger partial charge is 0.338 e. The number of anilines is 1. The number of benzene rings is 1. The van der Waals surface area contributed by atoms with Crippen molar-refractivity contribution in [1.82, 2.24) is 0 Å². The average molecular weight is 231 g/mol. The van der Waals surface area contributed by atoms with Crippen molar-refractivity contribution in [3.8, 4) is 0 Å². The Morgan fingerprint density at radius 2 is 2.06 bits per heavy atom. The Hall–Kier alpha value is -1.69. The average Bonchev–Trinajstić information content (AvgIpc) is 2.24. The third kappa shape index (κ3) is 2.46. The number of hydrogen-bond donors (Lipinski definition) is 3. The monoisotopic (exact) mass is 231 g/mol. The number of nitrogens with one attached hydrogen (secondary N) is 1. The summed E-state index contributed by atoms with van der Waals surface area (Å²) in [5.74, 6) is -4.21. The summed E-state index contributed by atoms with van der Waals surface area (Å²) in [6, 6.07) is 1.63. The molecule has 3 N–H and O–H groups in total. The number of carboxylic acid groups (broad SMARTS) is 1. The van der Waals surface area contributed by atoms with Crippen LogP contribution in [0.25, 0.3) is 0 Å². The number of aliphatic hydroxyl groups is 1. The van der Waals surface area contributed by atoms with Crippen LogP contribution in [-0.2, 0) is 0 Å². The van der Waals surface area contributed by atoms with Gasteiger partial charge in [0.25, 0.3) is 0 Å². The molecule has 1 aromatic rings. The fraction of sp³-hybridized carbons (Fsp3) is 0.300. The van der Waals surface area contributed by atoms with Crippen LogP contribution in [0.3, 0.4) is 0 Å². The molecule has 6 heteroatoms. The Morgan fingerprint density at radius 3 is 2.56 bits per heavy atom. The lowest BCUT2D eigenvalue weighted by Crippen LogP contribution is -2.20. The molecule has 0 aliphatic rings. The minimum atomic E-state index is -1.53. The maximum atomic E-state index is 13.3. The Balaban J connectivity index is 3.07. The maximum Gasteiger partial charge on any atom is 0.338 e. The standard InChI is InChI=1S/C10H11F2NO3/c1-5(4-14)13-7-3-2-6(10(15)16)8(11)9(7)12/h2-3,5,13-14H,4H2,1H3,(H,15,16). The topological polar surface area (TPSA) is 69.6 Å². The molecule has 0 saturated heterocycles. The number of aromatic carboxylic acids is 1. The number of rotatable bonds is 4. The highest BCUT2D eigenvalue weighted by atomic mass is 19.2. The number of carboxylic acids is 1. The molecule has 0 fully saturated rings. The molecule has 4 nitrogen and oxygen atoms in total. The van der Waals surface area contributed by atoms with Crippen molar-refractivity contribution < 1.29 is 23.8 Å². The molecule has 0 spiro atoms. The number of carbonyl (C=O) groups is 1. The molecular formula is C10H11F2NO3. The summed E-state index contributed by atoms with van der Waals surface area (Å²) in [4.78, 5) is 10.5. The lowest BCUT2D eigenvalue weighted by Gasteiger charge is -2.13. The van der Waals surface area contributed by atoms with Gasteiger partial charge < -0.3 is 15.5 Å². The third-order valence-electron chi connectivity index (χ3n) is 1.99. The lowest BCUT2D eigenvalue weighted by atomic mass is 10.1. The fourth-order valence-corrected chi connectivity index (χ4v) is 1.14. The first kappa shape index (κ1) is 12.4. The van der Waals surface area contributed by atoms with Gasteiger partial charge in [0.05, 0.1) is 17.9 Å². The van der Waals surface area contributed by atoms with E-state index in [2.05, 4.69) is 5.32 Å². The van der Waals surface area contributed by atoms with E-state index in [9.17, 15) is 13.6 Å². The van der Waals surface area contributed by atoms with Crippen molar-refractivity contribution in [3.05, 3.63) is 29.3 Å². The maximum absolute atomic E-state index is 13.3. The molecular weight excluding hydrogens is 220 g/mol. The molecule has 0 amide bonds. The van der Waals surface area contributed by atoms with Gasteiger partial charge in [-0.3, -0.25) is 0 Å². The van der Waals surface area contributed by atoms with E-state index >= 15 is 0 Å². The number of aliphatic hydroxyl groups excluding tert-OH is 1. The van der Waals surface area contributed by atoms with Crippen LogP contribution in [0.1, 0.15) is 17.3 Å². The fourth-order valence-electron chi connectivity index (χ4n) is 1.14. The summed E-state index contributed by atoms with van der Waals surface area (Å²) in [7, 11) is 0. The van der Waals surface area contributed by atoms with Gasteiger partial charge in [-0.2, -0.15) is 0 Å². The van der Waals surface area contributed by atoms with Gasteiger partial charge in [0.1, 0.15) is 0 Å². The summed E-state index contributed by atoms with van der Waals surface area (Å²) >= 11 is 0. The van der Waals surface area contributed by atoms with Crippen LogP contribution < -0.4 is 5.32 Å². The molecule has 0 aromatic heterocycles. The summed E-state index contributed by atoms with van der Waals surface area (Å²) in [5, 5.41) is 19.8. The summed E-state index contributed by atoms with van der Waals surface area (Å²) in [5.41, 5.74) is -0.899. The van der Waals surface area contributed by atoms with Crippen molar-refractivity contribution >= 4 is 11.7 Å². The van der Waals surface area contributed by atoms with Gasteiger partial charge in [-0.15, -0.1) is 0 Å². The predicted octanol–water partition coefficient (Wildman–Crippen LogP) is 1.46. The summed E-state index contributed by atoms with van der Waals surface area (Å²) in [6.45, 7) is 1.32. The van der Waals surface area contributed by atoms with E-state index in [4.69, 9.17) is 10.2 Å². The molecule has 0 aliphatic carbocycles. The lowest BCUT2D eigenvalue weighted by molar-refractivity contribution is 0.0690. The van der Waals surface area contributed by atoms with Crippen molar-refractivity contribution in [1.29, 1.82) is 0 Å².